The molecule has 0 bridgehead atoms. The average molecular weight is 333 g/mol. The predicted octanol–water partition coefficient (Wildman–Crippen LogP) is 3.50. The summed E-state index contributed by atoms with van der Waals surface area (Å²) >= 11 is 5.80. The number of hydrogen-bond donors (Lipinski definition) is 2. The van der Waals surface area contributed by atoms with E-state index < -0.39 is 18.0 Å². The minimum Gasteiger partial charge on any atom is -0.449 e. The molecule has 0 aliphatic heterocycles. The molecule has 0 heterocycles. The Bertz CT molecular complexity index is 701. The maximum absolute atomic E-state index is 12.2. The van der Waals surface area contributed by atoms with E-state index in [1.165, 1.54) is 6.07 Å². The first kappa shape index (κ1) is 16.8. The van der Waals surface area contributed by atoms with Crippen molar-refractivity contribution in [1.29, 1.82) is 0 Å². The van der Waals surface area contributed by atoms with Crippen LogP contribution in [-0.2, 0) is 9.53 Å². The van der Waals surface area contributed by atoms with E-state index in [1.807, 2.05) is 0 Å². The summed E-state index contributed by atoms with van der Waals surface area (Å²) in [6.07, 6.45) is -0.535. The van der Waals surface area contributed by atoms with Gasteiger partial charge in [0.25, 0.3) is 5.91 Å². The highest BCUT2D eigenvalue weighted by molar-refractivity contribution is 6.30. The van der Waals surface area contributed by atoms with Crippen molar-refractivity contribution in [2.24, 2.45) is 0 Å². The summed E-state index contributed by atoms with van der Waals surface area (Å²) in [6.45, 7) is 1.76. The normalized spacial score (nSPS) is 11.6. The van der Waals surface area contributed by atoms with E-state index in [1.54, 1.807) is 49.4 Å². The van der Waals surface area contributed by atoms with Crippen LogP contribution >= 0.6 is 11.6 Å². The van der Waals surface area contributed by atoms with Crippen LogP contribution in [0.2, 0.25) is 5.02 Å². The Labute approximate surface area is 139 Å². The number of esters is 1. The zero-order valence-electron chi connectivity index (χ0n) is 12.6. The van der Waals surface area contributed by atoms with Gasteiger partial charge in [0.2, 0.25) is 0 Å². The molecule has 6 heteroatoms. The van der Waals surface area contributed by atoms with Gasteiger partial charge in [-0.3, -0.25) is 4.79 Å². The van der Waals surface area contributed by atoms with E-state index >= 15 is 0 Å². The second-order valence-corrected chi connectivity index (χ2v) is 5.36. The highest BCUT2D eigenvalue weighted by atomic mass is 35.5. The number of rotatable bonds is 5. The Hall–Kier alpha value is -2.53. The molecule has 1 amide bonds. The molecule has 0 spiro atoms. The van der Waals surface area contributed by atoms with Gasteiger partial charge >= 0.3 is 5.97 Å². The van der Waals surface area contributed by atoms with Gasteiger partial charge in [0.05, 0.1) is 5.56 Å². The standard InChI is InChI=1S/C17H17ClN2O3/c1-2-15(16(21)20-14-8-6-12(18)7-9-14)23-17(22)11-4-3-5-13(19)10-11/h3-10,15H,2,19H2,1H3,(H,20,21). The van der Waals surface area contributed by atoms with Crippen LogP contribution in [0.25, 0.3) is 0 Å². The van der Waals surface area contributed by atoms with Crippen molar-refractivity contribution >= 4 is 34.9 Å². The summed E-state index contributed by atoms with van der Waals surface area (Å²) in [4.78, 5) is 24.3. The van der Waals surface area contributed by atoms with Gasteiger partial charge in [-0.15, -0.1) is 0 Å². The minimum absolute atomic E-state index is 0.308. The molecule has 120 valence electrons. The summed E-state index contributed by atoms with van der Waals surface area (Å²) in [7, 11) is 0. The third kappa shape index (κ3) is 4.72. The van der Waals surface area contributed by atoms with Crippen LogP contribution in [0, 0.1) is 0 Å². The maximum atomic E-state index is 12.2. The number of nitrogens with two attached hydrogens (primary N) is 1. The lowest BCUT2D eigenvalue weighted by atomic mass is 10.2. The first-order valence-corrected chi connectivity index (χ1v) is 7.50. The topological polar surface area (TPSA) is 81.4 Å². The Balaban J connectivity index is 2.02. The fourth-order valence-corrected chi connectivity index (χ4v) is 2.07. The lowest BCUT2D eigenvalue weighted by Gasteiger charge is -2.16. The van der Waals surface area contributed by atoms with Crippen LogP contribution in [0.15, 0.2) is 48.5 Å². The SMILES string of the molecule is CCC(OC(=O)c1cccc(N)c1)C(=O)Nc1ccc(Cl)cc1. The number of amides is 1. The van der Waals surface area contributed by atoms with Crippen molar-refractivity contribution in [1.82, 2.24) is 0 Å². The molecule has 0 radical (unpaired) electrons. The lowest BCUT2D eigenvalue weighted by molar-refractivity contribution is -0.124. The first-order valence-electron chi connectivity index (χ1n) is 7.12. The molecule has 2 rings (SSSR count). The van der Waals surface area contributed by atoms with E-state index in [9.17, 15) is 9.59 Å². The lowest BCUT2D eigenvalue weighted by Crippen LogP contribution is -2.32. The summed E-state index contributed by atoms with van der Waals surface area (Å²) in [5.74, 6) is -0.984. The Morgan fingerprint density at radius 3 is 2.52 bits per heavy atom. The smallest absolute Gasteiger partial charge is 0.338 e. The number of carbonyl (C=O) groups excluding carboxylic acids is 2. The second-order valence-electron chi connectivity index (χ2n) is 4.92. The highest BCUT2D eigenvalue weighted by Gasteiger charge is 2.22. The molecule has 0 saturated heterocycles. The molecule has 3 N–H and O–H groups in total. The van der Waals surface area contributed by atoms with Gasteiger partial charge in [-0.25, -0.2) is 4.79 Å². The fourth-order valence-electron chi connectivity index (χ4n) is 1.94. The summed E-state index contributed by atoms with van der Waals surface area (Å²) in [5.41, 5.74) is 6.98. The molecule has 0 aliphatic carbocycles. The zero-order valence-corrected chi connectivity index (χ0v) is 13.3. The van der Waals surface area contributed by atoms with Crippen molar-refractivity contribution in [2.45, 2.75) is 19.4 Å². The average Bonchev–Trinajstić information content (AvgIpc) is 2.54. The molecule has 0 aliphatic rings. The number of carbonyl (C=O) groups is 2. The van der Waals surface area contributed by atoms with E-state index in [0.29, 0.717) is 28.4 Å². The number of halogens is 1. The van der Waals surface area contributed by atoms with Crippen LogP contribution in [0.1, 0.15) is 23.7 Å². The first-order chi connectivity index (χ1) is 11.0. The van der Waals surface area contributed by atoms with E-state index in [2.05, 4.69) is 5.32 Å². The van der Waals surface area contributed by atoms with Crippen molar-refractivity contribution in [3.8, 4) is 0 Å². The van der Waals surface area contributed by atoms with Gasteiger partial charge in [0.1, 0.15) is 0 Å². The molecule has 2 aromatic rings. The van der Waals surface area contributed by atoms with E-state index in [0.717, 1.165) is 0 Å². The Morgan fingerprint density at radius 2 is 1.91 bits per heavy atom. The predicted molar refractivity (Wildman–Crippen MR) is 90.4 cm³/mol. The quantitative estimate of drug-likeness (QED) is 0.648. The Kier molecular flexibility index (Phi) is 5.60. The number of anilines is 2. The van der Waals surface area contributed by atoms with Gasteiger partial charge in [0.15, 0.2) is 6.10 Å². The third-order valence-corrected chi connectivity index (χ3v) is 3.40. The minimum atomic E-state index is -0.889. The van der Waals surface area contributed by atoms with Gasteiger partial charge in [-0.1, -0.05) is 24.6 Å². The number of ether oxygens (including phenoxy) is 1. The fraction of sp³-hybridized carbons (Fsp3) is 0.176. The third-order valence-electron chi connectivity index (χ3n) is 3.15. The van der Waals surface area contributed by atoms with Crippen LogP contribution < -0.4 is 11.1 Å². The van der Waals surface area contributed by atoms with E-state index in [4.69, 9.17) is 22.1 Å². The largest absolute Gasteiger partial charge is 0.449 e. The van der Waals surface area contributed by atoms with Gasteiger partial charge < -0.3 is 15.8 Å². The molecule has 0 fully saturated rings. The van der Waals surface area contributed by atoms with Crippen LogP contribution in [-0.4, -0.2) is 18.0 Å². The number of nitrogen functional groups attached to an aromatic ring is 1. The second kappa shape index (κ2) is 7.65. The molecular weight excluding hydrogens is 316 g/mol. The van der Waals surface area contributed by atoms with Crippen molar-refractivity contribution in [2.75, 3.05) is 11.1 Å². The summed E-state index contributed by atoms with van der Waals surface area (Å²) in [6, 6.07) is 13.1. The van der Waals surface area contributed by atoms with Crippen LogP contribution in [0.3, 0.4) is 0 Å². The summed E-state index contributed by atoms with van der Waals surface area (Å²) < 4.78 is 5.27. The molecule has 5 nitrogen and oxygen atoms in total. The molecular formula is C17H17ClN2O3. The molecule has 0 aromatic heterocycles. The molecule has 1 atom stereocenters. The van der Waals surface area contributed by atoms with Gasteiger partial charge in [-0.05, 0) is 48.9 Å². The molecule has 2 aromatic carbocycles. The number of benzene rings is 2. The molecule has 1 unspecified atom stereocenters. The molecule has 23 heavy (non-hydrogen) atoms. The van der Waals surface area contributed by atoms with Gasteiger partial charge in [-0.2, -0.15) is 0 Å². The van der Waals surface area contributed by atoms with Gasteiger partial charge in [0, 0.05) is 16.4 Å². The number of nitrogens with one attached hydrogen (secondary N) is 1. The maximum Gasteiger partial charge on any atom is 0.338 e. The Morgan fingerprint density at radius 1 is 1.22 bits per heavy atom. The van der Waals surface area contributed by atoms with E-state index in [-0.39, 0.29) is 0 Å². The van der Waals surface area contributed by atoms with Crippen molar-refractivity contribution in [3.63, 3.8) is 0 Å². The van der Waals surface area contributed by atoms with Crippen molar-refractivity contribution in [3.05, 3.63) is 59.1 Å². The highest BCUT2D eigenvalue weighted by Crippen LogP contribution is 2.15. The number of hydrogen-bond acceptors (Lipinski definition) is 4. The van der Waals surface area contributed by atoms with Crippen molar-refractivity contribution < 1.29 is 14.3 Å². The van der Waals surface area contributed by atoms with Crippen LogP contribution in [0.5, 0.6) is 0 Å². The van der Waals surface area contributed by atoms with Crippen LogP contribution in [0.4, 0.5) is 11.4 Å². The molecule has 0 saturated carbocycles. The zero-order chi connectivity index (χ0) is 16.8. The monoisotopic (exact) mass is 332 g/mol. The summed E-state index contributed by atoms with van der Waals surface area (Å²) in [5, 5.41) is 3.26.